The van der Waals surface area contributed by atoms with Gasteiger partial charge in [-0.3, -0.25) is 10.1 Å². The van der Waals surface area contributed by atoms with E-state index in [9.17, 15) is 19.7 Å². The van der Waals surface area contributed by atoms with Crippen LogP contribution in [-0.2, 0) is 16.1 Å². The normalized spacial score (nSPS) is 10.2. The highest BCUT2D eigenvalue weighted by Crippen LogP contribution is 2.19. The Morgan fingerprint density at radius 3 is 2.12 bits per heavy atom. The average molecular weight is 357 g/mol. The Bertz CT molecular complexity index is 785. The van der Waals surface area contributed by atoms with Gasteiger partial charge >= 0.3 is 11.9 Å². The summed E-state index contributed by atoms with van der Waals surface area (Å²) in [6, 6.07) is 11.9. The second kappa shape index (κ2) is 9.31. The number of nitro benzene ring substituents is 1. The zero-order chi connectivity index (χ0) is 18.9. The number of unbranched alkanes of at least 4 members (excludes halogenated alkanes) is 1. The van der Waals surface area contributed by atoms with Crippen LogP contribution in [0.25, 0.3) is 0 Å². The van der Waals surface area contributed by atoms with Crippen LogP contribution in [-0.4, -0.2) is 23.5 Å². The number of rotatable bonds is 8. The van der Waals surface area contributed by atoms with Gasteiger partial charge < -0.3 is 9.47 Å². The maximum atomic E-state index is 12.1. The lowest BCUT2D eigenvalue weighted by Crippen LogP contribution is -2.09. The van der Waals surface area contributed by atoms with E-state index in [0.29, 0.717) is 17.7 Å². The van der Waals surface area contributed by atoms with E-state index in [1.54, 1.807) is 12.1 Å². The molecule has 0 bridgehead atoms. The van der Waals surface area contributed by atoms with Crippen LogP contribution in [0.15, 0.2) is 48.5 Å². The molecule has 0 heterocycles. The van der Waals surface area contributed by atoms with Crippen molar-refractivity contribution < 1.29 is 24.0 Å². The standard InChI is InChI=1S/C19H19NO6/c1-2-3-12-25-18(21)14-8-10-15(11-9-14)19(22)26-13-16-6-4-5-7-17(16)20(23)24/h4-11H,2-3,12-13H2,1H3. The summed E-state index contributed by atoms with van der Waals surface area (Å²) in [7, 11) is 0. The van der Waals surface area contributed by atoms with Gasteiger partial charge in [-0.05, 0) is 36.8 Å². The van der Waals surface area contributed by atoms with Gasteiger partial charge in [0.2, 0.25) is 0 Å². The SMILES string of the molecule is CCCCOC(=O)c1ccc(C(=O)OCc2ccccc2[N+](=O)[O-])cc1. The van der Waals surface area contributed by atoms with Crippen LogP contribution in [0.1, 0.15) is 46.0 Å². The number of hydrogen-bond donors (Lipinski definition) is 0. The summed E-state index contributed by atoms with van der Waals surface area (Å²) in [6.45, 7) is 2.14. The number of carbonyl (C=O) groups excluding carboxylic acids is 2. The molecule has 0 N–H and O–H groups in total. The number of benzene rings is 2. The molecule has 0 atom stereocenters. The maximum absolute atomic E-state index is 12.1. The van der Waals surface area contributed by atoms with Gasteiger partial charge in [0, 0.05) is 6.07 Å². The topological polar surface area (TPSA) is 95.7 Å². The summed E-state index contributed by atoms with van der Waals surface area (Å²) in [5, 5.41) is 11.0. The fourth-order valence-electron chi connectivity index (χ4n) is 2.17. The molecule has 0 spiro atoms. The molecule has 0 saturated carbocycles. The van der Waals surface area contributed by atoms with Crippen molar-refractivity contribution >= 4 is 17.6 Å². The Hall–Kier alpha value is -3.22. The number of nitrogens with zero attached hydrogens (tertiary/aromatic N) is 1. The molecule has 0 aliphatic rings. The van der Waals surface area contributed by atoms with Crippen LogP contribution in [0.5, 0.6) is 0 Å². The lowest BCUT2D eigenvalue weighted by atomic mass is 10.1. The third-order valence-corrected chi connectivity index (χ3v) is 3.63. The minimum absolute atomic E-state index is 0.106. The number of hydrogen-bond acceptors (Lipinski definition) is 6. The summed E-state index contributed by atoms with van der Waals surface area (Å²) in [4.78, 5) is 34.3. The minimum Gasteiger partial charge on any atom is -0.462 e. The zero-order valence-corrected chi connectivity index (χ0v) is 14.3. The molecule has 0 saturated heterocycles. The first kappa shape index (κ1) is 19.1. The van der Waals surface area contributed by atoms with E-state index < -0.39 is 16.9 Å². The van der Waals surface area contributed by atoms with Gasteiger partial charge in [-0.2, -0.15) is 0 Å². The Labute approximate surface area is 150 Å². The zero-order valence-electron chi connectivity index (χ0n) is 14.3. The van der Waals surface area contributed by atoms with Crippen molar-refractivity contribution in [1.82, 2.24) is 0 Å². The molecular weight excluding hydrogens is 338 g/mol. The summed E-state index contributed by atoms with van der Waals surface area (Å²) in [5.41, 5.74) is 0.789. The Morgan fingerprint density at radius 2 is 1.54 bits per heavy atom. The lowest BCUT2D eigenvalue weighted by Gasteiger charge is -2.07. The maximum Gasteiger partial charge on any atom is 0.338 e. The van der Waals surface area contributed by atoms with Gasteiger partial charge in [0.25, 0.3) is 5.69 Å². The van der Waals surface area contributed by atoms with Crippen LogP contribution in [0.3, 0.4) is 0 Å². The van der Waals surface area contributed by atoms with Crippen molar-refractivity contribution in [1.29, 1.82) is 0 Å². The van der Waals surface area contributed by atoms with E-state index in [-0.39, 0.29) is 17.9 Å². The molecule has 0 radical (unpaired) electrons. The lowest BCUT2D eigenvalue weighted by molar-refractivity contribution is -0.385. The molecule has 0 aliphatic heterocycles. The van der Waals surface area contributed by atoms with E-state index in [4.69, 9.17) is 9.47 Å². The number of carbonyl (C=O) groups is 2. The van der Waals surface area contributed by atoms with Crippen molar-refractivity contribution in [2.45, 2.75) is 26.4 Å². The fourth-order valence-corrected chi connectivity index (χ4v) is 2.17. The highest BCUT2D eigenvalue weighted by atomic mass is 16.6. The van der Waals surface area contributed by atoms with E-state index >= 15 is 0 Å². The Kier molecular flexibility index (Phi) is 6.84. The highest BCUT2D eigenvalue weighted by Gasteiger charge is 2.15. The molecule has 136 valence electrons. The second-order valence-electron chi connectivity index (χ2n) is 5.53. The second-order valence-corrected chi connectivity index (χ2v) is 5.53. The van der Waals surface area contributed by atoms with Crippen molar-refractivity contribution in [3.8, 4) is 0 Å². The highest BCUT2D eigenvalue weighted by molar-refractivity contribution is 5.93. The van der Waals surface area contributed by atoms with Gasteiger partial charge in [-0.1, -0.05) is 25.5 Å². The molecule has 0 amide bonds. The number of esters is 2. The molecule has 0 aromatic heterocycles. The van der Waals surface area contributed by atoms with Crippen LogP contribution in [0.4, 0.5) is 5.69 Å². The Morgan fingerprint density at radius 1 is 0.962 bits per heavy atom. The first-order valence-corrected chi connectivity index (χ1v) is 8.19. The smallest absolute Gasteiger partial charge is 0.338 e. The fraction of sp³-hybridized carbons (Fsp3) is 0.263. The predicted molar refractivity (Wildman–Crippen MR) is 93.8 cm³/mol. The third-order valence-electron chi connectivity index (χ3n) is 3.63. The van der Waals surface area contributed by atoms with Gasteiger partial charge in [0.1, 0.15) is 6.61 Å². The molecule has 26 heavy (non-hydrogen) atoms. The molecule has 2 aromatic rings. The molecule has 7 heteroatoms. The quantitative estimate of drug-likeness (QED) is 0.308. The van der Waals surface area contributed by atoms with Crippen molar-refractivity contribution in [3.63, 3.8) is 0 Å². The van der Waals surface area contributed by atoms with Crippen LogP contribution in [0, 0.1) is 10.1 Å². The third kappa shape index (κ3) is 5.14. The minimum atomic E-state index is -0.631. The van der Waals surface area contributed by atoms with Crippen molar-refractivity contribution in [2.24, 2.45) is 0 Å². The summed E-state index contributed by atoms with van der Waals surface area (Å²) in [6.07, 6.45) is 1.72. The number of nitro groups is 1. The summed E-state index contributed by atoms with van der Waals surface area (Å²) >= 11 is 0. The molecular formula is C19H19NO6. The molecule has 0 unspecified atom stereocenters. The molecule has 7 nitrogen and oxygen atoms in total. The largest absolute Gasteiger partial charge is 0.462 e. The summed E-state index contributed by atoms with van der Waals surface area (Å²) in [5.74, 6) is -1.08. The van der Waals surface area contributed by atoms with E-state index in [1.165, 1.54) is 36.4 Å². The van der Waals surface area contributed by atoms with Gasteiger partial charge in [0.15, 0.2) is 0 Å². The first-order chi connectivity index (χ1) is 12.5. The van der Waals surface area contributed by atoms with E-state index in [1.807, 2.05) is 6.92 Å². The molecule has 2 rings (SSSR count). The number of para-hydroxylation sites is 1. The van der Waals surface area contributed by atoms with Gasteiger partial charge in [-0.15, -0.1) is 0 Å². The first-order valence-electron chi connectivity index (χ1n) is 8.19. The van der Waals surface area contributed by atoms with Crippen molar-refractivity contribution in [2.75, 3.05) is 6.61 Å². The van der Waals surface area contributed by atoms with E-state index in [0.717, 1.165) is 12.8 Å². The average Bonchev–Trinajstić information content (AvgIpc) is 2.66. The van der Waals surface area contributed by atoms with Crippen molar-refractivity contribution in [3.05, 3.63) is 75.3 Å². The predicted octanol–water partition coefficient (Wildman–Crippen LogP) is 3.91. The summed E-state index contributed by atoms with van der Waals surface area (Å²) < 4.78 is 10.2. The monoisotopic (exact) mass is 357 g/mol. The van der Waals surface area contributed by atoms with Crippen LogP contribution in [0.2, 0.25) is 0 Å². The molecule has 2 aromatic carbocycles. The number of ether oxygens (including phenoxy) is 2. The molecule has 0 aliphatic carbocycles. The van der Waals surface area contributed by atoms with E-state index in [2.05, 4.69) is 0 Å². The van der Waals surface area contributed by atoms with Crippen LogP contribution >= 0.6 is 0 Å². The van der Waals surface area contributed by atoms with Gasteiger partial charge in [0.05, 0.1) is 28.2 Å². The molecule has 0 fully saturated rings. The Balaban J connectivity index is 1.96. The van der Waals surface area contributed by atoms with Crippen LogP contribution < -0.4 is 0 Å². The van der Waals surface area contributed by atoms with Gasteiger partial charge in [-0.25, -0.2) is 9.59 Å².